The third kappa shape index (κ3) is 3.77. The highest BCUT2D eigenvalue weighted by molar-refractivity contribution is 9.10. The van der Waals surface area contributed by atoms with Crippen molar-refractivity contribution < 1.29 is 25.6 Å². The van der Waals surface area contributed by atoms with E-state index in [0.717, 1.165) is 18.2 Å². The Balaban J connectivity index is 3.16. The van der Waals surface area contributed by atoms with Crippen LogP contribution in [0, 0.1) is 0 Å². The van der Waals surface area contributed by atoms with Gasteiger partial charge in [0.05, 0.1) is 10.6 Å². The molecule has 18 heavy (non-hydrogen) atoms. The molecule has 0 aliphatic carbocycles. The molecule has 0 atom stereocenters. The van der Waals surface area contributed by atoms with Crippen molar-refractivity contribution in [2.24, 2.45) is 0 Å². The van der Waals surface area contributed by atoms with Crippen molar-refractivity contribution >= 4 is 51.4 Å². The summed E-state index contributed by atoms with van der Waals surface area (Å²) in [6.45, 7) is 0. The van der Waals surface area contributed by atoms with Gasteiger partial charge in [0.1, 0.15) is 0 Å². The standard InChI is InChI=1S/C7H5BrClF2NO4S2/c8-5-3-4(17(9,13)14)1-2-6(5)12-18(15,16)7(10)11/h1-3,7,12H. The summed E-state index contributed by atoms with van der Waals surface area (Å²) in [6.07, 6.45) is 0. The summed E-state index contributed by atoms with van der Waals surface area (Å²) in [5, 5.41) is 0. The lowest BCUT2D eigenvalue weighted by Crippen LogP contribution is -2.20. The van der Waals surface area contributed by atoms with Gasteiger partial charge in [-0.2, -0.15) is 8.78 Å². The van der Waals surface area contributed by atoms with Gasteiger partial charge in [-0.1, -0.05) is 0 Å². The predicted molar refractivity (Wildman–Crippen MR) is 65.7 cm³/mol. The van der Waals surface area contributed by atoms with E-state index < -0.39 is 24.8 Å². The van der Waals surface area contributed by atoms with Crippen LogP contribution in [0.25, 0.3) is 0 Å². The molecular formula is C7H5BrClF2NO4S2. The molecule has 0 aliphatic rings. The van der Waals surface area contributed by atoms with E-state index in [4.69, 9.17) is 10.7 Å². The average molecular weight is 385 g/mol. The van der Waals surface area contributed by atoms with Crippen LogP contribution >= 0.6 is 26.6 Å². The fourth-order valence-corrected chi connectivity index (χ4v) is 3.04. The Kier molecular flexibility index (Phi) is 4.57. The van der Waals surface area contributed by atoms with Gasteiger partial charge in [0.25, 0.3) is 19.1 Å². The maximum absolute atomic E-state index is 12.1. The molecule has 0 fully saturated rings. The molecule has 0 amide bonds. The van der Waals surface area contributed by atoms with Crippen molar-refractivity contribution in [2.75, 3.05) is 4.72 Å². The summed E-state index contributed by atoms with van der Waals surface area (Å²) in [7, 11) is -3.74. The molecule has 5 nitrogen and oxygen atoms in total. The summed E-state index contributed by atoms with van der Waals surface area (Å²) in [5.41, 5.74) is -0.223. The van der Waals surface area contributed by atoms with Crippen molar-refractivity contribution in [1.29, 1.82) is 0 Å². The molecule has 0 aromatic heterocycles. The SMILES string of the molecule is O=S(=O)(Cl)c1ccc(NS(=O)(=O)C(F)F)c(Br)c1. The zero-order valence-corrected chi connectivity index (χ0v) is 12.2. The van der Waals surface area contributed by atoms with Gasteiger partial charge in [-0.25, -0.2) is 16.8 Å². The van der Waals surface area contributed by atoms with E-state index in [0.29, 0.717) is 0 Å². The molecule has 102 valence electrons. The van der Waals surface area contributed by atoms with Crippen LogP contribution in [0.1, 0.15) is 0 Å². The number of alkyl halides is 2. The molecule has 1 N–H and O–H groups in total. The van der Waals surface area contributed by atoms with Crippen molar-refractivity contribution in [2.45, 2.75) is 10.7 Å². The van der Waals surface area contributed by atoms with Gasteiger partial charge in [-0.3, -0.25) is 4.72 Å². The quantitative estimate of drug-likeness (QED) is 0.808. The average Bonchev–Trinajstić information content (AvgIpc) is 2.19. The lowest BCUT2D eigenvalue weighted by Gasteiger charge is -2.09. The monoisotopic (exact) mass is 383 g/mol. The largest absolute Gasteiger partial charge is 0.355 e. The zero-order chi connectivity index (χ0) is 14.1. The second kappa shape index (κ2) is 5.27. The first kappa shape index (κ1) is 15.6. The lowest BCUT2D eigenvalue weighted by molar-refractivity contribution is 0.236. The number of hydrogen-bond acceptors (Lipinski definition) is 4. The maximum Gasteiger partial charge on any atom is 0.355 e. The van der Waals surface area contributed by atoms with Crippen LogP contribution in [-0.4, -0.2) is 22.6 Å². The third-order valence-corrected chi connectivity index (χ3v) is 4.69. The Morgan fingerprint density at radius 2 is 1.78 bits per heavy atom. The van der Waals surface area contributed by atoms with E-state index in [1.165, 1.54) is 0 Å². The summed E-state index contributed by atoms with van der Waals surface area (Å²) < 4.78 is 69.6. The van der Waals surface area contributed by atoms with Crippen LogP contribution in [0.15, 0.2) is 27.6 Å². The minimum Gasteiger partial charge on any atom is -0.278 e. The molecule has 0 radical (unpaired) electrons. The van der Waals surface area contributed by atoms with Crippen LogP contribution in [0.4, 0.5) is 14.5 Å². The van der Waals surface area contributed by atoms with E-state index in [1.807, 2.05) is 0 Å². The Labute approximate surface area is 115 Å². The first-order valence-corrected chi connectivity index (χ1v) is 8.73. The molecule has 0 saturated carbocycles. The number of benzene rings is 1. The van der Waals surface area contributed by atoms with Crippen LogP contribution in [0.2, 0.25) is 0 Å². The summed E-state index contributed by atoms with van der Waals surface area (Å²) >= 11 is 2.85. The number of halogens is 4. The molecule has 0 heterocycles. The van der Waals surface area contributed by atoms with Gasteiger partial charge in [-0.05, 0) is 34.1 Å². The van der Waals surface area contributed by atoms with E-state index in [-0.39, 0.29) is 15.1 Å². The minimum atomic E-state index is -4.82. The lowest BCUT2D eigenvalue weighted by atomic mass is 10.3. The maximum atomic E-state index is 12.1. The van der Waals surface area contributed by atoms with Gasteiger partial charge in [0.15, 0.2) is 0 Å². The highest BCUT2D eigenvalue weighted by atomic mass is 79.9. The number of hydrogen-bond donors (Lipinski definition) is 1. The van der Waals surface area contributed by atoms with Crippen LogP contribution in [0.3, 0.4) is 0 Å². The van der Waals surface area contributed by atoms with Gasteiger partial charge < -0.3 is 0 Å². The smallest absolute Gasteiger partial charge is 0.278 e. The number of nitrogens with one attached hydrogen (secondary N) is 1. The molecule has 0 bridgehead atoms. The fourth-order valence-electron chi connectivity index (χ4n) is 0.928. The number of sulfonamides is 1. The van der Waals surface area contributed by atoms with E-state index in [1.54, 1.807) is 4.72 Å². The molecule has 1 aromatic rings. The first-order valence-electron chi connectivity index (χ1n) is 4.08. The predicted octanol–water partition coefficient (Wildman–Crippen LogP) is 2.34. The zero-order valence-electron chi connectivity index (χ0n) is 8.27. The Hall–Kier alpha value is -0.450. The second-order valence-electron chi connectivity index (χ2n) is 2.99. The van der Waals surface area contributed by atoms with Crippen molar-refractivity contribution in [3.63, 3.8) is 0 Å². The molecule has 0 unspecified atom stereocenters. The minimum absolute atomic E-state index is 0.0338. The summed E-state index contributed by atoms with van der Waals surface area (Å²) in [5.74, 6) is -3.60. The summed E-state index contributed by atoms with van der Waals surface area (Å²) in [4.78, 5) is -0.295. The topological polar surface area (TPSA) is 80.3 Å². The normalized spacial score (nSPS) is 12.7. The molecule has 0 spiro atoms. The second-order valence-corrected chi connectivity index (χ2v) is 8.06. The van der Waals surface area contributed by atoms with Crippen LogP contribution in [0.5, 0.6) is 0 Å². The van der Waals surface area contributed by atoms with Crippen molar-refractivity contribution in [3.8, 4) is 0 Å². The number of rotatable bonds is 4. The van der Waals surface area contributed by atoms with Gasteiger partial charge >= 0.3 is 5.76 Å². The van der Waals surface area contributed by atoms with E-state index in [9.17, 15) is 25.6 Å². The van der Waals surface area contributed by atoms with Gasteiger partial charge in [0, 0.05) is 15.2 Å². The molecule has 1 aromatic carbocycles. The fraction of sp³-hybridized carbons (Fsp3) is 0.143. The van der Waals surface area contributed by atoms with Crippen molar-refractivity contribution in [3.05, 3.63) is 22.7 Å². The summed E-state index contributed by atoms with van der Waals surface area (Å²) in [6, 6.07) is 2.97. The molecule has 0 saturated heterocycles. The Bertz CT molecular complexity index is 662. The number of anilines is 1. The van der Waals surface area contributed by atoms with E-state index >= 15 is 0 Å². The van der Waals surface area contributed by atoms with E-state index in [2.05, 4.69) is 15.9 Å². The highest BCUT2D eigenvalue weighted by Crippen LogP contribution is 2.28. The first-order chi connectivity index (χ1) is 8.04. The van der Waals surface area contributed by atoms with Gasteiger partial charge in [-0.15, -0.1) is 0 Å². The highest BCUT2D eigenvalue weighted by Gasteiger charge is 2.25. The van der Waals surface area contributed by atoms with Gasteiger partial charge in [0.2, 0.25) is 0 Å². The molecule has 0 aliphatic heterocycles. The van der Waals surface area contributed by atoms with Crippen LogP contribution < -0.4 is 4.72 Å². The molecule has 1 rings (SSSR count). The third-order valence-electron chi connectivity index (χ3n) is 1.71. The van der Waals surface area contributed by atoms with Crippen LogP contribution in [-0.2, 0) is 19.1 Å². The molecule has 11 heteroatoms. The Morgan fingerprint density at radius 1 is 1.22 bits per heavy atom. The Morgan fingerprint density at radius 3 is 2.17 bits per heavy atom. The molecular weight excluding hydrogens is 380 g/mol. The van der Waals surface area contributed by atoms with Crippen molar-refractivity contribution in [1.82, 2.24) is 0 Å².